The molecule has 0 fully saturated rings. The maximum atomic E-state index is 12.0. The normalized spacial score (nSPS) is 12.3. The highest BCUT2D eigenvalue weighted by atomic mass is 16.2. The predicted molar refractivity (Wildman–Crippen MR) is 76.5 cm³/mol. The average Bonchev–Trinajstić information content (AvgIpc) is 2.36. The Morgan fingerprint density at radius 1 is 1.25 bits per heavy atom. The lowest BCUT2D eigenvalue weighted by Gasteiger charge is -2.18. The molecule has 1 aromatic rings. The Hall–Kier alpha value is -2.15. The van der Waals surface area contributed by atoms with Crippen LogP contribution in [0.25, 0.3) is 0 Å². The molecule has 1 amide bonds. The monoisotopic (exact) mass is 272 g/mol. The molecule has 0 aliphatic rings. The summed E-state index contributed by atoms with van der Waals surface area (Å²) in [6.45, 7) is 6.03. The van der Waals surface area contributed by atoms with E-state index in [9.17, 15) is 9.59 Å². The van der Waals surface area contributed by atoms with E-state index in [0.29, 0.717) is 6.54 Å². The van der Waals surface area contributed by atoms with E-state index in [1.807, 2.05) is 51.1 Å². The summed E-state index contributed by atoms with van der Waals surface area (Å²) < 4.78 is 0. The van der Waals surface area contributed by atoms with Crippen molar-refractivity contribution in [2.24, 2.45) is 11.3 Å². The molecule has 0 radical (unpaired) electrons. The minimum Gasteiger partial charge on any atom is -0.350 e. The van der Waals surface area contributed by atoms with Gasteiger partial charge in [-0.3, -0.25) is 9.59 Å². The molecule has 4 nitrogen and oxygen atoms in total. The first-order chi connectivity index (χ1) is 9.33. The molecule has 1 unspecified atom stereocenters. The molecule has 0 aliphatic carbocycles. The number of nitrogens with zero attached hydrogens (tertiary/aromatic N) is 1. The van der Waals surface area contributed by atoms with Crippen molar-refractivity contribution in [2.75, 3.05) is 0 Å². The first-order valence-electron chi connectivity index (χ1n) is 6.57. The molecule has 0 spiro atoms. The van der Waals surface area contributed by atoms with Crippen LogP contribution in [0.15, 0.2) is 30.3 Å². The van der Waals surface area contributed by atoms with Gasteiger partial charge in [-0.15, -0.1) is 0 Å². The van der Waals surface area contributed by atoms with E-state index in [2.05, 4.69) is 5.32 Å². The van der Waals surface area contributed by atoms with Gasteiger partial charge in [0.2, 0.25) is 5.91 Å². The van der Waals surface area contributed by atoms with Gasteiger partial charge < -0.3 is 5.32 Å². The summed E-state index contributed by atoms with van der Waals surface area (Å²) in [4.78, 5) is 23.9. The molecular weight excluding hydrogens is 252 g/mol. The maximum absolute atomic E-state index is 12.0. The molecule has 0 heterocycles. The molecule has 1 atom stereocenters. The minimum absolute atomic E-state index is 0.212. The van der Waals surface area contributed by atoms with Gasteiger partial charge in [-0.2, -0.15) is 5.26 Å². The minimum atomic E-state index is -1.22. The van der Waals surface area contributed by atoms with Gasteiger partial charge in [-0.05, 0) is 11.0 Å². The van der Waals surface area contributed by atoms with E-state index < -0.39 is 11.8 Å². The molecule has 0 saturated carbocycles. The number of Topliss-reactive ketones (excluding diaryl/α,β-unsaturated/α-hetero) is 1. The van der Waals surface area contributed by atoms with E-state index in [-0.39, 0.29) is 17.6 Å². The van der Waals surface area contributed by atoms with Gasteiger partial charge in [-0.25, -0.2) is 0 Å². The number of nitriles is 1. The average molecular weight is 272 g/mol. The Balaban J connectivity index is 2.60. The Labute approximate surface area is 119 Å². The number of amides is 1. The zero-order valence-electron chi connectivity index (χ0n) is 12.1. The predicted octanol–water partition coefficient (Wildman–Crippen LogP) is 2.45. The number of nitrogens with one attached hydrogen (secondary N) is 1. The standard InChI is InChI=1S/C16H20N2O2/c1-16(2,3)9-14(19)13(10-17)15(20)18-11-12-7-5-4-6-8-12/h4-8,13H,9,11H2,1-3H3,(H,18,20). The fraction of sp³-hybridized carbons (Fsp3) is 0.438. The lowest BCUT2D eigenvalue weighted by atomic mass is 9.86. The van der Waals surface area contributed by atoms with Gasteiger partial charge in [0, 0.05) is 13.0 Å². The van der Waals surface area contributed by atoms with Crippen LogP contribution in [0.3, 0.4) is 0 Å². The molecular formula is C16H20N2O2. The van der Waals surface area contributed by atoms with Crippen molar-refractivity contribution >= 4 is 11.7 Å². The van der Waals surface area contributed by atoms with Crippen molar-refractivity contribution in [3.05, 3.63) is 35.9 Å². The molecule has 0 aliphatic heterocycles. The highest BCUT2D eigenvalue weighted by molar-refractivity contribution is 6.04. The second kappa shape index (κ2) is 6.85. The van der Waals surface area contributed by atoms with E-state index in [0.717, 1.165) is 5.56 Å². The van der Waals surface area contributed by atoms with Crippen LogP contribution in [0.1, 0.15) is 32.8 Å². The van der Waals surface area contributed by atoms with Crippen molar-refractivity contribution in [1.82, 2.24) is 5.32 Å². The molecule has 106 valence electrons. The second-order valence-electron chi connectivity index (χ2n) is 5.97. The molecule has 4 heteroatoms. The third-order valence-electron chi connectivity index (χ3n) is 2.73. The summed E-state index contributed by atoms with van der Waals surface area (Å²) in [5, 5.41) is 11.7. The van der Waals surface area contributed by atoms with E-state index in [1.54, 1.807) is 6.07 Å². The van der Waals surface area contributed by atoms with Gasteiger partial charge in [0.15, 0.2) is 11.7 Å². The van der Waals surface area contributed by atoms with Crippen molar-refractivity contribution in [3.8, 4) is 6.07 Å². The number of ketones is 1. The summed E-state index contributed by atoms with van der Waals surface area (Å²) in [5.41, 5.74) is 0.701. The number of carbonyl (C=O) groups excluding carboxylic acids is 2. The molecule has 20 heavy (non-hydrogen) atoms. The maximum Gasteiger partial charge on any atom is 0.245 e. The third kappa shape index (κ3) is 5.23. The van der Waals surface area contributed by atoms with Crippen LogP contribution in [-0.4, -0.2) is 11.7 Å². The Bertz CT molecular complexity index is 510. The largest absolute Gasteiger partial charge is 0.350 e. The zero-order chi connectivity index (χ0) is 15.2. The summed E-state index contributed by atoms with van der Waals surface area (Å²) in [7, 11) is 0. The highest BCUT2D eigenvalue weighted by Gasteiger charge is 2.29. The molecule has 0 aromatic heterocycles. The topological polar surface area (TPSA) is 70.0 Å². The van der Waals surface area contributed by atoms with Crippen LogP contribution in [0.4, 0.5) is 0 Å². The number of rotatable bonds is 5. The number of hydrogen-bond acceptors (Lipinski definition) is 3. The first-order valence-corrected chi connectivity index (χ1v) is 6.57. The SMILES string of the molecule is CC(C)(C)CC(=O)C(C#N)C(=O)NCc1ccccc1. The molecule has 0 bridgehead atoms. The van der Waals surface area contributed by atoms with Gasteiger partial charge in [-0.1, -0.05) is 51.1 Å². The summed E-state index contributed by atoms with van der Waals surface area (Å²) >= 11 is 0. The third-order valence-corrected chi connectivity index (χ3v) is 2.73. The molecule has 0 saturated heterocycles. The van der Waals surface area contributed by atoms with Gasteiger partial charge in [0.05, 0.1) is 6.07 Å². The highest BCUT2D eigenvalue weighted by Crippen LogP contribution is 2.21. The Morgan fingerprint density at radius 2 is 1.85 bits per heavy atom. The van der Waals surface area contributed by atoms with Gasteiger partial charge in [0.1, 0.15) is 0 Å². The second-order valence-corrected chi connectivity index (χ2v) is 5.97. The van der Waals surface area contributed by atoms with Crippen LogP contribution in [0.5, 0.6) is 0 Å². The van der Waals surface area contributed by atoms with Gasteiger partial charge in [0.25, 0.3) is 0 Å². The fourth-order valence-electron chi connectivity index (χ4n) is 1.79. The summed E-state index contributed by atoms with van der Waals surface area (Å²) in [6, 6.07) is 11.2. The Kier molecular flexibility index (Phi) is 5.45. The van der Waals surface area contributed by atoms with Crippen LogP contribution in [0.2, 0.25) is 0 Å². The van der Waals surface area contributed by atoms with E-state index >= 15 is 0 Å². The van der Waals surface area contributed by atoms with Crippen molar-refractivity contribution in [2.45, 2.75) is 33.7 Å². The molecule has 1 N–H and O–H groups in total. The number of benzene rings is 1. The number of hydrogen-bond donors (Lipinski definition) is 1. The fourth-order valence-corrected chi connectivity index (χ4v) is 1.79. The lowest BCUT2D eigenvalue weighted by Crippen LogP contribution is -2.35. The lowest BCUT2D eigenvalue weighted by molar-refractivity contribution is -0.132. The van der Waals surface area contributed by atoms with Crippen LogP contribution >= 0.6 is 0 Å². The van der Waals surface area contributed by atoms with Crippen LogP contribution in [0, 0.1) is 22.7 Å². The number of carbonyl (C=O) groups is 2. The van der Waals surface area contributed by atoms with Crippen LogP contribution in [-0.2, 0) is 16.1 Å². The first kappa shape index (κ1) is 15.9. The Morgan fingerprint density at radius 3 is 2.35 bits per heavy atom. The van der Waals surface area contributed by atoms with E-state index in [1.165, 1.54) is 0 Å². The molecule has 1 aromatic carbocycles. The quantitative estimate of drug-likeness (QED) is 0.837. The van der Waals surface area contributed by atoms with Crippen LogP contribution < -0.4 is 5.32 Å². The van der Waals surface area contributed by atoms with Gasteiger partial charge >= 0.3 is 0 Å². The van der Waals surface area contributed by atoms with Crippen molar-refractivity contribution in [3.63, 3.8) is 0 Å². The smallest absolute Gasteiger partial charge is 0.245 e. The summed E-state index contributed by atoms with van der Waals surface area (Å²) in [6.07, 6.45) is 0.212. The summed E-state index contributed by atoms with van der Waals surface area (Å²) in [5.74, 6) is -2.07. The van der Waals surface area contributed by atoms with Crippen molar-refractivity contribution in [1.29, 1.82) is 5.26 Å². The van der Waals surface area contributed by atoms with Crippen molar-refractivity contribution < 1.29 is 9.59 Å². The zero-order valence-corrected chi connectivity index (χ0v) is 12.1. The molecule has 1 rings (SSSR count). The van der Waals surface area contributed by atoms with E-state index in [4.69, 9.17) is 5.26 Å².